The van der Waals surface area contributed by atoms with Gasteiger partial charge in [-0.3, -0.25) is 14.9 Å². The van der Waals surface area contributed by atoms with Crippen LogP contribution in [0.2, 0.25) is 0 Å². The van der Waals surface area contributed by atoms with Gasteiger partial charge in [0.05, 0.1) is 11.4 Å². The van der Waals surface area contributed by atoms with Gasteiger partial charge in [0.15, 0.2) is 0 Å². The van der Waals surface area contributed by atoms with Crippen molar-refractivity contribution in [2.45, 2.75) is 37.9 Å². The van der Waals surface area contributed by atoms with Crippen LogP contribution < -0.4 is 5.32 Å². The highest BCUT2D eigenvalue weighted by atomic mass is 15.2. The van der Waals surface area contributed by atoms with E-state index in [2.05, 4.69) is 81.6 Å². The van der Waals surface area contributed by atoms with E-state index in [4.69, 9.17) is 4.98 Å². The molecule has 1 saturated carbocycles. The first-order valence-corrected chi connectivity index (χ1v) is 13.2. The van der Waals surface area contributed by atoms with E-state index in [1.54, 1.807) is 0 Å². The summed E-state index contributed by atoms with van der Waals surface area (Å²) in [5.41, 5.74) is 7.57. The molecule has 3 aromatic heterocycles. The molecule has 0 radical (unpaired) electrons. The maximum atomic E-state index is 4.86. The van der Waals surface area contributed by atoms with Crippen LogP contribution in [0.15, 0.2) is 79.3 Å². The van der Waals surface area contributed by atoms with E-state index in [-0.39, 0.29) is 0 Å². The van der Waals surface area contributed by atoms with Gasteiger partial charge in [0.1, 0.15) is 5.82 Å². The average Bonchev–Trinajstić information content (AvgIpc) is 3.62. The van der Waals surface area contributed by atoms with E-state index >= 15 is 0 Å². The number of nitrogens with one attached hydrogen (secondary N) is 1. The lowest BCUT2D eigenvalue weighted by Gasteiger charge is -2.20. The summed E-state index contributed by atoms with van der Waals surface area (Å²) in [4.78, 5) is 18.9. The van der Waals surface area contributed by atoms with Crippen molar-refractivity contribution in [1.29, 1.82) is 0 Å². The van der Waals surface area contributed by atoms with Crippen molar-refractivity contribution in [1.82, 2.24) is 24.8 Å². The Balaban J connectivity index is 1.24. The third kappa shape index (κ3) is 5.71. The lowest BCUT2D eigenvalue weighted by atomic mass is 10.0. The second-order valence-corrected chi connectivity index (χ2v) is 10.6. The maximum Gasteiger partial charge on any atom is 0.127 e. The molecule has 2 fully saturated rings. The van der Waals surface area contributed by atoms with E-state index in [1.807, 2.05) is 36.8 Å². The van der Waals surface area contributed by atoms with Gasteiger partial charge in [-0.25, -0.2) is 4.98 Å². The van der Waals surface area contributed by atoms with Crippen molar-refractivity contribution < 1.29 is 0 Å². The number of benzene rings is 1. The first kappa shape index (κ1) is 23.8. The number of pyridine rings is 3. The number of nitrogens with zero attached hydrogens (tertiary/aromatic N) is 5. The van der Waals surface area contributed by atoms with E-state index in [0.29, 0.717) is 12.1 Å². The fraction of sp³-hybridized carbons (Fsp3) is 0.323. The first-order valence-electron chi connectivity index (χ1n) is 13.2. The van der Waals surface area contributed by atoms with Crippen molar-refractivity contribution in [3.63, 3.8) is 0 Å². The summed E-state index contributed by atoms with van der Waals surface area (Å²) in [6, 6.07) is 22.6. The van der Waals surface area contributed by atoms with Crippen LogP contribution >= 0.6 is 0 Å². The Hall–Kier alpha value is -3.61. The standard InChI is InChI=1S/C31H34N6/c1-36(2)28-12-14-37(21-28)20-22-6-8-23(9-7-22)25-15-26(19-32-18-25)24-16-30(29-5-3-4-13-33-29)35-31(17-24)34-27-10-11-27/h3-9,13,15-19,27-28H,10-12,14,20-21H2,1-2H3,(H,34,35). The van der Waals surface area contributed by atoms with Gasteiger partial charge in [-0.15, -0.1) is 0 Å². The van der Waals surface area contributed by atoms with Crippen molar-refractivity contribution in [2.24, 2.45) is 0 Å². The van der Waals surface area contributed by atoms with Crippen LogP contribution in [0.5, 0.6) is 0 Å². The highest BCUT2D eigenvalue weighted by molar-refractivity contribution is 5.76. The molecule has 1 N–H and O–H groups in total. The summed E-state index contributed by atoms with van der Waals surface area (Å²) in [6.07, 6.45) is 9.35. The molecular weight excluding hydrogens is 456 g/mol. The fourth-order valence-electron chi connectivity index (χ4n) is 5.05. The Morgan fingerprint density at radius 2 is 1.68 bits per heavy atom. The van der Waals surface area contributed by atoms with Gasteiger partial charge < -0.3 is 10.2 Å². The SMILES string of the molecule is CN(C)C1CCN(Cc2ccc(-c3cncc(-c4cc(NC5CC5)nc(-c5ccccn5)c4)c3)cc2)C1. The Morgan fingerprint density at radius 1 is 0.865 bits per heavy atom. The third-order valence-corrected chi connectivity index (χ3v) is 7.42. The smallest absolute Gasteiger partial charge is 0.127 e. The van der Waals surface area contributed by atoms with Crippen LogP contribution in [0.4, 0.5) is 5.82 Å². The van der Waals surface area contributed by atoms with E-state index in [1.165, 1.54) is 36.9 Å². The summed E-state index contributed by atoms with van der Waals surface area (Å²) in [7, 11) is 4.36. The van der Waals surface area contributed by atoms with Gasteiger partial charge in [-0.1, -0.05) is 30.3 Å². The Morgan fingerprint density at radius 3 is 2.38 bits per heavy atom. The van der Waals surface area contributed by atoms with Gasteiger partial charge in [0.25, 0.3) is 0 Å². The van der Waals surface area contributed by atoms with Crippen LogP contribution in [0.25, 0.3) is 33.6 Å². The zero-order valence-electron chi connectivity index (χ0n) is 21.6. The van der Waals surface area contributed by atoms with Crippen molar-refractivity contribution in [3.8, 4) is 33.6 Å². The van der Waals surface area contributed by atoms with Crippen LogP contribution in [0.1, 0.15) is 24.8 Å². The second kappa shape index (κ2) is 10.4. The molecule has 1 unspecified atom stereocenters. The minimum atomic E-state index is 0.525. The van der Waals surface area contributed by atoms with Crippen LogP contribution in [0, 0.1) is 0 Å². The molecule has 2 aliphatic rings. The molecule has 4 heterocycles. The number of likely N-dealkylation sites (tertiary alicyclic amines) is 1. The van der Waals surface area contributed by atoms with Crippen LogP contribution in [-0.4, -0.2) is 64.0 Å². The highest BCUT2D eigenvalue weighted by Gasteiger charge is 2.24. The minimum absolute atomic E-state index is 0.525. The molecule has 1 aliphatic heterocycles. The molecule has 4 aromatic rings. The Kier molecular flexibility index (Phi) is 6.68. The fourth-order valence-corrected chi connectivity index (χ4v) is 5.05. The number of hydrogen-bond acceptors (Lipinski definition) is 6. The summed E-state index contributed by atoms with van der Waals surface area (Å²) in [5, 5.41) is 3.56. The number of likely N-dealkylation sites (N-methyl/N-ethyl adjacent to an activating group) is 1. The highest BCUT2D eigenvalue weighted by Crippen LogP contribution is 2.32. The zero-order chi connectivity index (χ0) is 25.2. The Bertz CT molecular complexity index is 1350. The molecule has 6 nitrogen and oxygen atoms in total. The van der Waals surface area contributed by atoms with E-state index in [9.17, 15) is 0 Å². The summed E-state index contributed by atoms with van der Waals surface area (Å²) >= 11 is 0. The van der Waals surface area contributed by atoms with Crippen molar-refractivity contribution in [3.05, 3.63) is 84.8 Å². The molecule has 1 aliphatic carbocycles. The average molecular weight is 491 g/mol. The third-order valence-electron chi connectivity index (χ3n) is 7.42. The topological polar surface area (TPSA) is 57.2 Å². The molecule has 6 rings (SSSR count). The van der Waals surface area contributed by atoms with Gasteiger partial charge in [-0.2, -0.15) is 0 Å². The number of hydrogen-bond donors (Lipinski definition) is 1. The van der Waals surface area contributed by atoms with Gasteiger partial charge in [0, 0.05) is 61.4 Å². The van der Waals surface area contributed by atoms with Crippen molar-refractivity contribution >= 4 is 5.82 Å². The summed E-state index contributed by atoms with van der Waals surface area (Å²) in [5.74, 6) is 0.897. The quantitative estimate of drug-likeness (QED) is 0.348. The molecule has 1 saturated heterocycles. The molecule has 6 heteroatoms. The molecule has 0 amide bonds. The molecule has 188 valence electrons. The first-order chi connectivity index (χ1) is 18.1. The number of rotatable bonds is 8. The molecule has 37 heavy (non-hydrogen) atoms. The zero-order valence-corrected chi connectivity index (χ0v) is 21.6. The van der Waals surface area contributed by atoms with Gasteiger partial charge >= 0.3 is 0 Å². The molecule has 1 aromatic carbocycles. The predicted octanol–water partition coefficient (Wildman–Crippen LogP) is 5.58. The monoisotopic (exact) mass is 490 g/mol. The molecule has 1 atom stereocenters. The van der Waals surface area contributed by atoms with Gasteiger partial charge in [-0.05, 0) is 80.4 Å². The van der Waals surface area contributed by atoms with Gasteiger partial charge in [0.2, 0.25) is 0 Å². The minimum Gasteiger partial charge on any atom is -0.367 e. The van der Waals surface area contributed by atoms with Crippen molar-refractivity contribution in [2.75, 3.05) is 32.5 Å². The Labute approximate surface area is 219 Å². The predicted molar refractivity (Wildman–Crippen MR) is 150 cm³/mol. The number of aromatic nitrogens is 3. The second-order valence-electron chi connectivity index (χ2n) is 10.6. The van der Waals surface area contributed by atoms with Crippen LogP contribution in [-0.2, 0) is 6.54 Å². The molecule has 0 bridgehead atoms. The summed E-state index contributed by atoms with van der Waals surface area (Å²) in [6.45, 7) is 3.32. The maximum absolute atomic E-state index is 4.86. The van der Waals surface area contributed by atoms with Crippen LogP contribution in [0.3, 0.4) is 0 Å². The lowest BCUT2D eigenvalue weighted by Crippen LogP contribution is -2.31. The normalized spacial score (nSPS) is 17.9. The molecule has 0 spiro atoms. The van der Waals surface area contributed by atoms with E-state index in [0.717, 1.165) is 47.0 Å². The van der Waals surface area contributed by atoms with E-state index < -0.39 is 0 Å². The lowest BCUT2D eigenvalue weighted by molar-refractivity contribution is 0.264. The molecular formula is C31H34N6. The summed E-state index contributed by atoms with van der Waals surface area (Å²) < 4.78 is 0. The number of anilines is 1. The largest absolute Gasteiger partial charge is 0.367 e.